The van der Waals surface area contributed by atoms with Gasteiger partial charge in [-0.2, -0.15) is 0 Å². The standard InChI is InChI=1S/C18H28N2O2/c1-4-5-6-18(21)20-11-9-19(10-12-20)14-16-7-8-17(22-3)15(2)13-16/h7-8,13H,4-6,9-12,14H2,1-3H3. The lowest BCUT2D eigenvalue weighted by atomic mass is 10.1. The zero-order valence-corrected chi connectivity index (χ0v) is 14.1. The topological polar surface area (TPSA) is 32.8 Å². The Labute approximate surface area is 134 Å². The minimum atomic E-state index is 0.321. The van der Waals surface area contributed by atoms with Gasteiger partial charge in [0.1, 0.15) is 5.75 Å². The minimum absolute atomic E-state index is 0.321. The molecule has 0 bridgehead atoms. The fourth-order valence-corrected chi connectivity index (χ4v) is 2.94. The number of methoxy groups -OCH3 is 1. The van der Waals surface area contributed by atoms with Crippen LogP contribution in [-0.2, 0) is 11.3 Å². The van der Waals surface area contributed by atoms with Crippen molar-refractivity contribution in [3.05, 3.63) is 29.3 Å². The molecule has 0 spiro atoms. The summed E-state index contributed by atoms with van der Waals surface area (Å²) >= 11 is 0. The number of ether oxygens (including phenoxy) is 1. The van der Waals surface area contributed by atoms with Gasteiger partial charge in [0, 0.05) is 39.1 Å². The van der Waals surface area contributed by atoms with Crippen molar-refractivity contribution in [2.75, 3.05) is 33.3 Å². The van der Waals surface area contributed by atoms with Crippen LogP contribution in [-0.4, -0.2) is 49.0 Å². The van der Waals surface area contributed by atoms with Gasteiger partial charge in [0.2, 0.25) is 5.91 Å². The van der Waals surface area contributed by atoms with Crippen LogP contribution in [0, 0.1) is 6.92 Å². The molecule has 4 heteroatoms. The lowest BCUT2D eigenvalue weighted by Crippen LogP contribution is -2.48. The number of hydrogen-bond donors (Lipinski definition) is 0. The summed E-state index contributed by atoms with van der Waals surface area (Å²) in [6, 6.07) is 6.36. The Balaban J connectivity index is 1.82. The summed E-state index contributed by atoms with van der Waals surface area (Å²) < 4.78 is 5.30. The molecule has 0 aromatic heterocycles. The van der Waals surface area contributed by atoms with Crippen molar-refractivity contribution in [1.82, 2.24) is 9.80 Å². The monoisotopic (exact) mass is 304 g/mol. The Morgan fingerprint density at radius 2 is 1.95 bits per heavy atom. The van der Waals surface area contributed by atoms with Crippen LogP contribution in [0.4, 0.5) is 0 Å². The second-order valence-electron chi connectivity index (χ2n) is 6.06. The van der Waals surface area contributed by atoms with Crippen molar-refractivity contribution in [1.29, 1.82) is 0 Å². The number of aryl methyl sites for hydroxylation is 1. The number of carbonyl (C=O) groups is 1. The molecule has 1 aliphatic heterocycles. The number of rotatable bonds is 6. The van der Waals surface area contributed by atoms with Crippen LogP contribution in [0.2, 0.25) is 0 Å². The molecule has 0 unspecified atom stereocenters. The van der Waals surface area contributed by atoms with E-state index in [4.69, 9.17) is 4.74 Å². The summed E-state index contributed by atoms with van der Waals surface area (Å²) in [5.41, 5.74) is 2.48. The van der Waals surface area contributed by atoms with Gasteiger partial charge >= 0.3 is 0 Å². The normalized spacial score (nSPS) is 15.9. The number of benzene rings is 1. The van der Waals surface area contributed by atoms with Crippen LogP contribution in [0.3, 0.4) is 0 Å². The van der Waals surface area contributed by atoms with Crippen LogP contribution in [0.5, 0.6) is 5.75 Å². The summed E-state index contributed by atoms with van der Waals surface area (Å²) in [7, 11) is 1.71. The molecule has 1 amide bonds. The van der Waals surface area contributed by atoms with Gasteiger partial charge in [0.05, 0.1) is 7.11 Å². The first-order valence-electron chi connectivity index (χ1n) is 8.27. The number of unbranched alkanes of at least 4 members (excludes halogenated alkanes) is 1. The summed E-state index contributed by atoms with van der Waals surface area (Å²) in [6.07, 6.45) is 2.79. The average Bonchev–Trinajstić information content (AvgIpc) is 2.53. The van der Waals surface area contributed by atoms with Gasteiger partial charge in [-0.3, -0.25) is 9.69 Å². The molecule has 1 heterocycles. The molecule has 0 atom stereocenters. The smallest absolute Gasteiger partial charge is 0.222 e. The van der Waals surface area contributed by atoms with E-state index in [9.17, 15) is 4.79 Å². The van der Waals surface area contributed by atoms with E-state index in [1.807, 2.05) is 11.0 Å². The predicted octanol–water partition coefficient (Wildman–Crippen LogP) is 2.84. The summed E-state index contributed by atoms with van der Waals surface area (Å²) in [6.45, 7) is 8.79. The third kappa shape index (κ3) is 4.47. The molecular formula is C18H28N2O2. The maximum Gasteiger partial charge on any atom is 0.222 e. The number of piperazine rings is 1. The SMILES string of the molecule is CCCCC(=O)N1CCN(Cc2ccc(OC)c(C)c2)CC1. The fraction of sp³-hybridized carbons (Fsp3) is 0.611. The van der Waals surface area contributed by atoms with E-state index in [1.165, 1.54) is 11.1 Å². The molecular weight excluding hydrogens is 276 g/mol. The zero-order valence-electron chi connectivity index (χ0n) is 14.1. The highest BCUT2D eigenvalue weighted by Crippen LogP contribution is 2.20. The maximum atomic E-state index is 12.0. The second-order valence-corrected chi connectivity index (χ2v) is 6.06. The van der Waals surface area contributed by atoms with Crippen molar-refractivity contribution >= 4 is 5.91 Å². The Morgan fingerprint density at radius 3 is 2.55 bits per heavy atom. The van der Waals surface area contributed by atoms with Gasteiger partial charge in [-0.15, -0.1) is 0 Å². The van der Waals surface area contributed by atoms with Crippen molar-refractivity contribution in [3.8, 4) is 5.75 Å². The minimum Gasteiger partial charge on any atom is -0.496 e. The van der Waals surface area contributed by atoms with E-state index in [0.717, 1.165) is 51.3 Å². The molecule has 0 radical (unpaired) electrons. The molecule has 4 nitrogen and oxygen atoms in total. The quantitative estimate of drug-likeness (QED) is 0.810. The van der Waals surface area contributed by atoms with Crippen LogP contribution >= 0.6 is 0 Å². The molecule has 22 heavy (non-hydrogen) atoms. The zero-order chi connectivity index (χ0) is 15.9. The van der Waals surface area contributed by atoms with Crippen molar-refractivity contribution in [2.45, 2.75) is 39.7 Å². The number of hydrogen-bond acceptors (Lipinski definition) is 3. The second kappa shape index (κ2) is 8.18. The summed E-state index contributed by atoms with van der Waals surface area (Å²) in [4.78, 5) is 16.5. The van der Waals surface area contributed by atoms with Gasteiger partial charge in [-0.05, 0) is 30.5 Å². The summed E-state index contributed by atoms with van der Waals surface area (Å²) in [5, 5.41) is 0. The van der Waals surface area contributed by atoms with Crippen LogP contribution in [0.15, 0.2) is 18.2 Å². The lowest BCUT2D eigenvalue weighted by Gasteiger charge is -2.35. The molecule has 1 fully saturated rings. The van der Waals surface area contributed by atoms with Crippen molar-refractivity contribution < 1.29 is 9.53 Å². The third-order valence-electron chi connectivity index (χ3n) is 4.33. The fourth-order valence-electron chi connectivity index (χ4n) is 2.94. The highest BCUT2D eigenvalue weighted by molar-refractivity contribution is 5.76. The van der Waals surface area contributed by atoms with E-state index in [2.05, 4.69) is 30.9 Å². The molecule has 2 rings (SSSR count). The first-order chi connectivity index (χ1) is 10.6. The Morgan fingerprint density at radius 1 is 1.23 bits per heavy atom. The number of nitrogens with zero attached hydrogens (tertiary/aromatic N) is 2. The first-order valence-corrected chi connectivity index (χ1v) is 8.27. The molecule has 0 N–H and O–H groups in total. The lowest BCUT2D eigenvalue weighted by molar-refractivity contribution is -0.133. The predicted molar refractivity (Wildman–Crippen MR) is 89.1 cm³/mol. The van der Waals surface area contributed by atoms with Crippen molar-refractivity contribution in [2.24, 2.45) is 0 Å². The number of carbonyl (C=O) groups excluding carboxylic acids is 1. The third-order valence-corrected chi connectivity index (χ3v) is 4.33. The Hall–Kier alpha value is -1.55. The van der Waals surface area contributed by atoms with Crippen LogP contribution in [0.25, 0.3) is 0 Å². The van der Waals surface area contributed by atoms with Gasteiger partial charge < -0.3 is 9.64 Å². The van der Waals surface area contributed by atoms with Crippen molar-refractivity contribution in [3.63, 3.8) is 0 Å². The molecule has 1 aliphatic rings. The van der Waals surface area contributed by atoms with E-state index in [0.29, 0.717) is 12.3 Å². The maximum absolute atomic E-state index is 12.0. The molecule has 1 aromatic carbocycles. The van der Waals surface area contributed by atoms with Gasteiger partial charge in [0.25, 0.3) is 0 Å². The van der Waals surface area contributed by atoms with E-state index < -0.39 is 0 Å². The van der Waals surface area contributed by atoms with Crippen LogP contribution < -0.4 is 4.74 Å². The molecule has 0 aliphatic carbocycles. The molecule has 1 aromatic rings. The van der Waals surface area contributed by atoms with E-state index >= 15 is 0 Å². The van der Waals surface area contributed by atoms with E-state index in [-0.39, 0.29) is 0 Å². The van der Waals surface area contributed by atoms with Gasteiger partial charge in [0.15, 0.2) is 0 Å². The molecule has 1 saturated heterocycles. The van der Waals surface area contributed by atoms with E-state index in [1.54, 1.807) is 7.11 Å². The highest BCUT2D eigenvalue weighted by Gasteiger charge is 2.20. The Kier molecular flexibility index (Phi) is 6.25. The average molecular weight is 304 g/mol. The largest absolute Gasteiger partial charge is 0.496 e. The first kappa shape index (κ1) is 16.8. The number of amides is 1. The van der Waals surface area contributed by atoms with Crippen LogP contribution in [0.1, 0.15) is 37.3 Å². The Bertz CT molecular complexity index is 494. The summed E-state index contributed by atoms with van der Waals surface area (Å²) in [5.74, 6) is 1.26. The molecule has 0 saturated carbocycles. The van der Waals surface area contributed by atoms with Gasteiger partial charge in [-0.1, -0.05) is 25.5 Å². The highest BCUT2D eigenvalue weighted by atomic mass is 16.5. The molecule has 122 valence electrons. The van der Waals surface area contributed by atoms with Gasteiger partial charge in [-0.25, -0.2) is 0 Å².